The van der Waals surface area contributed by atoms with E-state index in [1.807, 2.05) is 53.4 Å². The molecular weight excluding hydrogens is 470 g/mol. The van der Waals surface area contributed by atoms with Crippen molar-refractivity contribution >= 4 is 40.1 Å². The molecule has 2 aromatic heterocycles. The highest BCUT2D eigenvalue weighted by molar-refractivity contribution is 7.17. The van der Waals surface area contributed by atoms with Crippen molar-refractivity contribution in [2.45, 2.75) is 25.3 Å². The van der Waals surface area contributed by atoms with Crippen LogP contribution in [-0.4, -0.2) is 39.4 Å². The summed E-state index contributed by atoms with van der Waals surface area (Å²) in [5.74, 6) is 0.256. The molecule has 0 saturated carbocycles. The maximum atomic E-state index is 13.3. The van der Waals surface area contributed by atoms with Crippen LogP contribution in [-0.2, 0) is 4.79 Å². The Balaban J connectivity index is 1.41. The number of fused-ring (bicyclic) bond motifs is 1. The van der Waals surface area contributed by atoms with Crippen molar-refractivity contribution in [1.82, 2.24) is 14.5 Å². The molecule has 0 bridgehead atoms. The molecule has 0 aliphatic carbocycles. The van der Waals surface area contributed by atoms with Crippen LogP contribution in [0.3, 0.4) is 0 Å². The number of carbonyl (C=O) groups is 2. The first-order chi connectivity index (χ1) is 17.6. The lowest BCUT2D eigenvalue weighted by Gasteiger charge is -2.21. The molecule has 0 unspecified atom stereocenters. The Kier molecular flexibility index (Phi) is 6.65. The van der Waals surface area contributed by atoms with Crippen molar-refractivity contribution in [2.24, 2.45) is 0 Å². The quantitative estimate of drug-likeness (QED) is 0.363. The summed E-state index contributed by atoms with van der Waals surface area (Å²) in [4.78, 5) is 33.5. The molecule has 1 atom stereocenters. The lowest BCUT2D eigenvalue weighted by Crippen LogP contribution is -2.30. The summed E-state index contributed by atoms with van der Waals surface area (Å²) in [5.41, 5.74) is 3.34. The highest BCUT2D eigenvalue weighted by Crippen LogP contribution is 2.33. The van der Waals surface area contributed by atoms with E-state index in [-0.39, 0.29) is 17.9 Å². The average molecular weight is 496 g/mol. The molecule has 0 spiro atoms. The number of nitrogens with one attached hydrogen (secondary N) is 1. The standard InChI is InChI=1S/C28H25N5O2S/c1-2-26(34)32-16-5-6-21(15-17-32)33-23-8-4-3-7-22(23)30-28(33)31-27(35)25-14-13-24(36-25)20-11-9-19(18-29)10-12-20/h2-4,7-14,21H,1,5-6,15-17H2,(H,30,31,35)/t21-/m1/s1. The molecule has 2 aromatic carbocycles. The molecule has 1 aliphatic heterocycles. The molecule has 8 heteroatoms. The van der Waals surface area contributed by atoms with Gasteiger partial charge < -0.3 is 9.47 Å². The van der Waals surface area contributed by atoms with E-state index in [0.717, 1.165) is 40.7 Å². The van der Waals surface area contributed by atoms with E-state index in [1.165, 1.54) is 17.4 Å². The van der Waals surface area contributed by atoms with Gasteiger partial charge in [0.25, 0.3) is 5.91 Å². The number of benzene rings is 2. The Bertz CT molecular complexity index is 1480. The zero-order valence-corrected chi connectivity index (χ0v) is 20.5. The summed E-state index contributed by atoms with van der Waals surface area (Å²) in [7, 11) is 0. The van der Waals surface area contributed by atoms with E-state index < -0.39 is 0 Å². The van der Waals surface area contributed by atoms with Crippen molar-refractivity contribution in [3.05, 3.63) is 83.8 Å². The van der Waals surface area contributed by atoms with E-state index >= 15 is 0 Å². The highest BCUT2D eigenvalue weighted by atomic mass is 32.1. The van der Waals surface area contributed by atoms with Crippen LogP contribution in [0.25, 0.3) is 21.5 Å². The molecule has 1 aliphatic rings. The minimum absolute atomic E-state index is 0.0459. The predicted octanol–water partition coefficient (Wildman–Crippen LogP) is 5.63. The fourth-order valence-electron chi connectivity index (χ4n) is 4.68. The summed E-state index contributed by atoms with van der Waals surface area (Å²) in [6.45, 7) is 4.95. The largest absolute Gasteiger partial charge is 0.339 e. The molecule has 1 saturated heterocycles. The molecule has 0 radical (unpaired) electrons. The summed E-state index contributed by atoms with van der Waals surface area (Å²) in [5, 5.41) is 12.1. The van der Waals surface area contributed by atoms with Crippen LogP contribution in [0, 0.1) is 11.3 Å². The molecule has 3 heterocycles. The Morgan fingerprint density at radius 1 is 1.08 bits per heavy atom. The molecule has 2 amide bonds. The number of imidazole rings is 1. The van der Waals surface area contributed by atoms with Crippen molar-refractivity contribution in [3.8, 4) is 16.5 Å². The van der Waals surface area contributed by atoms with Crippen LogP contribution in [0.2, 0.25) is 0 Å². The second kappa shape index (κ2) is 10.2. The lowest BCUT2D eigenvalue weighted by atomic mass is 10.1. The van der Waals surface area contributed by atoms with Gasteiger partial charge in [0.2, 0.25) is 11.9 Å². The number of likely N-dealkylation sites (tertiary alicyclic amines) is 1. The smallest absolute Gasteiger partial charge is 0.268 e. The first-order valence-electron chi connectivity index (χ1n) is 11.9. The van der Waals surface area contributed by atoms with Gasteiger partial charge in [-0.15, -0.1) is 11.3 Å². The number of amides is 2. The van der Waals surface area contributed by atoms with E-state index in [4.69, 9.17) is 10.2 Å². The monoisotopic (exact) mass is 495 g/mol. The summed E-state index contributed by atoms with van der Waals surface area (Å²) < 4.78 is 2.12. The zero-order valence-electron chi connectivity index (χ0n) is 19.7. The minimum Gasteiger partial charge on any atom is -0.339 e. The van der Waals surface area contributed by atoms with Gasteiger partial charge in [0.05, 0.1) is 27.5 Å². The van der Waals surface area contributed by atoms with Gasteiger partial charge in [0.1, 0.15) is 0 Å². The number of anilines is 1. The maximum Gasteiger partial charge on any atom is 0.268 e. The number of carbonyl (C=O) groups excluding carboxylic acids is 2. The Morgan fingerprint density at radius 2 is 1.89 bits per heavy atom. The lowest BCUT2D eigenvalue weighted by molar-refractivity contribution is -0.125. The van der Waals surface area contributed by atoms with Gasteiger partial charge in [-0.1, -0.05) is 30.8 Å². The Hall–Kier alpha value is -4.22. The molecule has 36 heavy (non-hydrogen) atoms. The van der Waals surface area contributed by atoms with Gasteiger partial charge in [-0.05, 0) is 67.3 Å². The zero-order chi connectivity index (χ0) is 25.1. The van der Waals surface area contributed by atoms with Crippen molar-refractivity contribution in [1.29, 1.82) is 5.26 Å². The number of rotatable bonds is 5. The van der Waals surface area contributed by atoms with Crippen LogP contribution >= 0.6 is 11.3 Å². The molecule has 1 fully saturated rings. The fourth-order valence-corrected chi connectivity index (χ4v) is 5.58. The molecule has 180 valence electrons. The number of nitriles is 1. The Morgan fingerprint density at radius 3 is 2.67 bits per heavy atom. The first kappa shape index (κ1) is 23.5. The fraction of sp³-hybridized carbons (Fsp3) is 0.214. The number of hydrogen-bond acceptors (Lipinski definition) is 5. The summed E-state index contributed by atoms with van der Waals surface area (Å²) in [6, 6.07) is 21.1. The number of hydrogen-bond donors (Lipinski definition) is 1. The van der Waals surface area contributed by atoms with E-state index in [1.54, 1.807) is 12.1 Å². The van der Waals surface area contributed by atoms with Crippen LogP contribution in [0.15, 0.2) is 73.3 Å². The van der Waals surface area contributed by atoms with Crippen LogP contribution in [0.4, 0.5) is 5.95 Å². The third kappa shape index (κ3) is 4.66. The Labute approximate surface area is 213 Å². The first-order valence-corrected chi connectivity index (χ1v) is 12.7. The van der Waals surface area contributed by atoms with Gasteiger partial charge in [-0.2, -0.15) is 5.26 Å². The van der Waals surface area contributed by atoms with Gasteiger partial charge >= 0.3 is 0 Å². The van der Waals surface area contributed by atoms with E-state index in [9.17, 15) is 9.59 Å². The second-order valence-corrected chi connectivity index (χ2v) is 9.80. The highest BCUT2D eigenvalue weighted by Gasteiger charge is 2.25. The second-order valence-electron chi connectivity index (χ2n) is 8.72. The van der Waals surface area contributed by atoms with Crippen molar-refractivity contribution < 1.29 is 9.59 Å². The van der Waals surface area contributed by atoms with Gasteiger partial charge in [0.15, 0.2) is 0 Å². The van der Waals surface area contributed by atoms with E-state index in [2.05, 4.69) is 22.5 Å². The summed E-state index contributed by atoms with van der Waals surface area (Å²) >= 11 is 1.40. The number of aromatic nitrogens is 2. The molecule has 4 aromatic rings. The normalized spacial score (nSPS) is 15.8. The predicted molar refractivity (Wildman–Crippen MR) is 142 cm³/mol. The molecular formula is C28H25N5O2S. The van der Waals surface area contributed by atoms with Crippen LogP contribution in [0.5, 0.6) is 0 Å². The number of thiophene rings is 1. The molecule has 1 N–H and O–H groups in total. The average Bonchev–Trinajstić information content (AvgIpc) is 3.47. The van der Waals surface area contributed by atoms with Crippen LogP contribution < -0.4 is 5.32 Å². The van der Waals surface area contributed by atoms with Gasteiger partial charge in [-0.25, -0.2) is 4.98 Å². The number of para-hydroxylation sites is 2. The third-order valence-corrected chi connectivity index (χ3v) is 7.63. The molecule has 7 nitrogen and oxygen atoms in total. The maximum absolute atomic E-state index is 13.3. The molecule has 5 rings (SSSR count). The van der Waals surface area contributed by atoms with E-state index in [0.29, 0.717) is 29.5 Å². The summed E-state index contributed by atoms with van der Waals surface area (Å²) in [6.07, 6.45) is 3.88. The van der Waals surface area contributed by atoms with Crippen LogP contribution in [0.1, 0.15) is 40.5 Å². The van der Waals surface area contributed by atoms with Crippen molar-refractivity contribution in [2.75, 3.05) is 18.4 Å². The van der Waals surface area contributed by atoms with Gasteiger partial charge in [0, 0.05) is 24.0 Å². The third-order valence-electron chi connectivity index (χ3n) is 6.50. The number of nitrogens with zero attached hydrogens (tertiary/aromatic N) is 4. The SMILES string of the molecule is C=CC(=O)N1CCC[C@@H](n2c(NC(=O)c3ccc(-c4ccc(C#N)cc4)s3)nc3ccccc32)CC1. The van der Waals surface area contributed by atoms with Gasteiger partial charge in [-0.3, -0.25) is 14.9 Å². The van der Waals surface area contributed by atoms with Crippen molar-refractivity contribution in [3.63, 3.8) is 0 Å². The minimum atomic E-state index is -0.214. The topological polar surface area (TPSA) is 91.0 Å².